The Labute approximate surface area is 86.8 Å². The summed E-state index contributed by atoms with van der Waals surface area (Å²) in [7, 11) is 0. The van der Waals surface area contributed by atoms with Gasteiger partial charge in [-0.05, 0) is 29.8 Å². The van der Waals surface area contributed by atoms with Crippen molar-refractivity contribution in [3.8, 4) is 0 Å². The van der Waals surface area contributed by atoms with E-state index in [1.807, 2.05) is 0 Å². The quantitative estimate of drug-likeness (QED) is 0.454. The van der Waals surface area contributed by atoms with Gasteiger partial charge in [0, 0.05) is 0 Å². The van der Waals surface area contributed by atoms with E-state index in [0.717, 1.165) is 0 Å². The molecule has 0 heterocycles. The fourth-order valence-electron chi connectivity index (χ4n) is 0.903. The van der Waals surface area contributed by atoms with Crippen molar-refractivity contribution in [3.63, 3.8) is 0 Å². The SMILES string of the molecule is O=C(Cl)Nc1cc(C(F)(F)F)ccc1F. The van der Waals surface area contributed by atoms with Crippen molar-refractivity contribution < 1.29 is 22.4 Å². The molecule has 0 bridgehead atoms. The molecule has 0 fully saturated rings. The van der Waals surface area contributed by atoms with E-state index in [1.165, 1.54) is 0 Å². The molecule has 1 amide bonds. The number of nitrogens with one attached hydrogen (secondary N) is 1. The van der Waals surface area contributed by atoms with Crippen LogP contribution in [0.5, 0.6) is 0 Å². The molecule has 0 radical (unpaired) electrons. The maximum atomic E-state index is 12.9. The minimum Gasteiger partial charge on any atom is -0.310 e. The Morgan fingerprint density at radius 3 is 2.40 bits per heavy atom. The van der Waals surface area contributed by atoms with E-state index in [4.69, 9.17) is 11.6 Å². The van der Waals surface area contributed by atoms with Crippen LogP contribution in [0.15, 0.2) is 18.2 Å². The second-order valence-corrected chi connectivity index (χ2v) is 2.93. The second-order valence-electron chi connectivity index (χ2n) is 2.59. The molecule has 0 aliphatic carbocycles. The summed E-state index contributed by atoms with van der Waals surface area (Å²) in [5, 5.41) is 0.578. The summed E-state index contributed by atoms with van der Waals surface area (Å²) in [4.78, 5) is 10.3. The van der Waals surface area contributed by atoms with E-state index in [-0.39, 0.29) is 0 Å². The molecule has 0 atom stereocenters. The first kappa shape index (κ1) is 11.8. The van der Waals surface area contributed by atoms with Crippen molar-refractivity contribution in [1.82, 2.24) is 0 Å². The van der Waals surface area contributed by atoms with E-state index < -0.39 is 28.6 Å². The summed E-state index contributed by atoms with van der Waals surface area (Å²) in [6, 6.07) is 1.64. The summed E-state index contributed by atoms with van der Waals surface area (Å²) < 4.78 is 49.4. The minimum absolute atomic E-state index is 0.468. The lowest BCUT2D eigenvalue weighted by Gasteiger charge is -2.09. The van der Waals surface area contributed by atoms with Crippen LogP contribution in [0.25, 0.3) is 0 Å². The Balaban J connectivity index is 3.11. The van der Waals surface area contributed by atoms with Crippen molar-refractivity contribution in [2.45, 2.75) is 6.18 Å². The summed E-state index contributed by atoms with van der Waals surface area (Å²) in [5.41, 5.74) is -1.67. The molecule has 0 spiro atoms. The molecule has 1 aromatic rings. The van der Waals surface area contributed by atoms with Gasteiger partial charge in [0.2, 0.25) is 0 Å². The molecule has 1 rings (SSSR count). The van der Waals surface area contributed by atoms with E-state index in [2.05, 4.69) is 0 Å². The molecule has 1 N–H and O–H groups in total. The predicted molar refractivity (Wildman–Crippen MR) is 46.3 cm³/mol. The predicted octanol–water partition coefficient (Wildman–Crippen LogP) is 3.62. The molecule has 0 aliphatic heterocycles. The molecule has 0 saturated carbocycles. The summed E-state index contributed by atoms with van der Waals surface area (Å²) in [5.74, 6) is -0.989. The van der Waals surface area contributed by atoms with Gasteiger partial charge in [-0.3, -0.25) is 4.79 Å². The van der Waals surface area contributed by atoms with Crippen molar-refractivity contribution in [2.24, 2.45) is 0 Å². The Bertz CT molecular complexity index is 391. The lowest BCUT2D eigenvalue weighted by molar-refractivity contribution is -0.137. The van der Waals surface area contributed by atoms with Crippen LogP contribution in [0, 0.1) is 5.82 Å². The molecule has 82 valence electrons. The van der Waals surface area contributed by atoms with E-state index in [0.29, 0.717) is 18.2 Å². The van der Waals surface area contributed by atoms with Crippen LogP contribution in [0.4, 0.5) is 28.0 Å². The topological polar surface area (TPSA) is 29.1 Å². The van der Waals surface area contributed by atoms with Gasteiger partial charge in [-0.1, -0.05) is 0 Å². The molecular formula is C8H4ClF4NO. The average molecular weight is 242 g/mol. The smallest absolute Gasteiger partial charge is 0.310 e. The molecule has 2 nitrogen and oxygen atoms in total. The number of halogens is 5. The fourth-order valence-corrected chi connectivity index (χ4v) is 1.01. The number of alkyl halides is 3. The van der Waals surface area contributed by atoms with Crippen molar-refractivity contribution >= 4 is 22.7 Å². The molecule has 0 aliphatic rings. The monoisotopic (exact) mass is 241 g/mol. The first-order valence-electron chi connectivity index (χ1n) is 3.64. The number of hydrogen-bond donors (Lipinski definition) is 1. The highest BCUT2D eigenvalue weighted by Gasteiger charge is 2.31. The van der Waals surface area contributed by atoms with E-state index >= 15 is 0 Å². The number of rotatable bonds is 1. The highest BCUT2D eigenvalue weighted by molar-refractivity contribution is 6.65. The van der Waals surface area contributed by atoms with Gasteiger partial charge < -0.3 is 5.32 Å². The molecule has 7 heteroatoms. The van der Waals surface area contributed by atoms with Crippen LogP contribution >= 0.6 is 11.6 Å². The maximum absolute atomic E-state index is 12.9. The van der Waals surface area contributed by atoms with Crippen LogP contribution in [-0.4, -0.2) is 5.37 Å². The Morgan fingerprint density at radius 1 is 1.33 bits per heavy atom. The highest BCUT2D eigenvalue weighted by atomic mass is 35.5. The Morgan fingerprint density at radius 2 is 1.93 bits per heavy atom. The third-order valence-corrected chi connectivity index (χ3v) is 1.62. The lowest BCUT2D eigenvalue weighted by Crippen LogP contribution is -2.08. The van der Waals surface area contributed by atoms with Gasteiger partial charge >= 0.3 is 11.5 Å². The van der Waals surface area contributed by atoms with Crippen LogP contribution in [0.1, 0.15) is 5.56 Å². The zero-order valence-electron chi connectivity index (χ0n) is 7.03. The standard InChI is InChI=1S/C8H4ClF4NO/c9-7(15)14-6-3-4(8(11,12)13)1-2-5(6)10/h1-3H,(H,14,15). The lowest BCUT2D eigenvalue weighted by atomic mass is 10.2. The third kappa shape index (κ3) is 3.09. The zero-order chi connectivity index (χ0) is 11.6. The van der Waals surface area contributed by atoms with E-state index in [1.54, 1.807) is 5.32 Å². The maximum Gasteiger partial charge on any atom is 0.416 e. The van der Waals surface area contributed by atoms with Crippen molar-refractivity contribution in [3.05, 3.63) is 29.6 Å². The molecule has 1 aromatic carbocycles. The van der Waals surface area contributed by atoms with Gasteiger partial charge in [-0.2, -0.15) is 13.2 Å². The molecule has 15 heavy (non-hydrogen) atoms. The van der Waals surface area contributed by atoms with Crippen molar-refractivity contribution in [2.75, 3.05) is 5.32 Å². The highest BCUT2D eigenvalue weighted by Crippen LogP contribution is 2.31. The van der Waals surface area contributed by atoms with Gasteiger partial charge in [0.25, 0.3) is 0 Å². The number of hydrogen-bond acceptors (Lipinski definition) is 1. The molecule has 0 saturated heterocycles. The third-order valence-electron chi connectivity index (χ3n) is 1.53. The largest absolute Gasteiger partial charge is 0.416 e. The Hall–Kier alpha value is -1.30. The first-order valence-corrected chi connectivity index (χ1v) is 4.02. The fraction of sp³-hybridized carbons (Fsp3) is 0.125. The summed E-state index contributed by atoms with van der Waals surface area (Å²) in [6.07, 6.45) is -4.60. The number of anilines is 1. The van der Waals surface area contributed by atoms with Gasteiger partial charge in [0.05, 0.1) is 11.3 Å². The van der Waals surface area contributed by atoms with Crippen LogP contribution in [0.3, 0.4) is 0 Å². The number of carbonyl (C=O) groups is 1. The minimum atomic E-state index is -4.60. The normalized spacial score (nSPS) is 11.3. The molecular weight excluding hydrogens is 238 g/mol. The second kappa shape index (κ2) is 4.06. The van der Waals surface area contributed by atoms with E-state index in [9.17, 15) is 22.4 Å². The average Bonchev–Trinajstić information content (AvgIpc) is 2.06. The number of amides is 1. The molecule has 0 unspecified atom stereocenters. The van der Waals surface area contributed by atoms with Gasteiger partial charge in [0.1, 0.15) is 5.82 Å². The van der Waals surface area contributed by atoms with Crippen molar-refractivity contribution in [1.29, 1.82) is 0 Å². The number of carbonyl (C=O) groups excluding carboxylic acids is 1. The number of benzene rings is 1. The summed E-state index contributed by atoms with van der Waals surface area (Å²) >= 11 is 4.85. The van der Waals surface area contributed by atoms with Gasteiger partial charge in [0.15, 0.2) is 0 Å². The van der Waals surface area contributed by atoms with Crippen LogP contribution in [-0.2, 0) is 6.18 Å². The molecule has 0 aromatic heterocycles. The van der Waals surface area contributed by atoms with Crippen LogP contribution < -0.4 is 5.32 Å². The van der Waals surface area contributed by atoms with Gasteiger partial charge in [-0.15, -0.1) is 0 Å². The summed E-state index contributed by atoms with van der Waals surface area (Å²) in [6.45, 7) is 0. The first-order chi connectivity index (χ1) is 6.80. The van der Waals surface area contributed by atoms with Crippen LogP contribution in [0.2, 0.25) is 0 Å². The zero-order valence-corrected chi connectivity index (χ0v) is 7.79. The van der Waals surface area contributed by atoms with Gasteiger partial charge in [-0.25, -0.2) is 4.39 Å². The Kier molecular flexibility index (Phi) is 3.18.